The fourth-order valence-electron chi connectivity index (χ4n) is 2.52. The van der Waals surface area contributed by atoms with E-state index < -0.39 is 0 Å². The van der Waals surface area contributed by atoms with Gasteiger partial charge in [0.1, 0.15) is 0 Å². The largest absolute Gasteiger partial charge is 0.374 e. The third kappa shape index (κ3) is 4.49. The van der Waals surface area contributed by atoms with Gasteiger partial charge in [-0.05, 0) is 48.4 Å². The van der Waals surface area contributed by atoms with Gasteiger partial charge in [-0.2, -0.15) is 0 Å². The van der Waals surface area contributed by atoms with Crippen molar-refractivity contribution in [2.75, 3.05) is 25.0 Å². The Morgan fingerprint density at radius 3 is 2.65 bits per heavy atom. The molecule has 1 N–H and O–H groups in total. The van der Waals surface area contributed by atoms with Gasteiger partial charge < -0.3 is 10.2 Å². The second-order valence-electron chi connectivity index (χ2n) is 6.65. The van der Waals surface area contributed by atoms with E-state index in [4.69, 9.17) is 0 Å². The Morgan fingerprint density at radius 2 is 2.10 bits per heavy atom. The number of benzene rings is 1. The molecule has 3 heteroatoms. The third-order valence-corrected chi connectivity index (χ3v) is 4.87. The molecule has 20 heavy (non-hydrogen) atoms. The highest BCUT2D eigenvalue weighted by molar-refractivity contribution is 9.10. The zero-order chi connectivity index (χ0) is 14.7. The van der Waals surface area contributed by atoms with Gasteiger partial charge in [0.2, 0.25) is 0 Å². The summed E-state index contributed by atoms with van der Waals surface area (Å²) < 4.78 is 1.21. The first kappa shape index (κ1) is 15.8. The molecule has 1 aliphatic rings. The van der Waals surface area contributed by atoms with Crippen molar-refractivity contribution >= 4 is 21.6 Å². The van der Waals surface area contributed by atoms with E-state index in [0.29, 0.717) is 5.92 Å². The minimum Gasteiger partial charge on any atom is -0.374 e. The molecular formula is C17H27BrN2. The standard InChI is InChI=1S/C17H27BrN2/c1-12(2)9-19-10-14-5-6-16(8-17(14)18)20(4)11-15-7-13(15)3/h5-6,8,12-13,15,19H,7,9-11H2,1-4H3. The summed E-state index contributed by atoms with van der Waals surface area (Å²) in [5.74, 6) is 2.51. The summed E-state index contributed by atoms with van der Waals surface area (Å²) in [5, 5.41) is 3.50. The molecule has 0 bridgehead atoms. The number of nitrogens with zero attached hydrogens (tertiary/aromatic N) is 1. The molecule has 2 rings (SSSR count). The highest BCUT2D eigenvalue weighted by Crippen LogP contribution is 2.39. The Hall–Kier alpha value is -0.540. The fourth-order valence-corrected chi connectivity index (χ4v) is 3.03. The molecule has 0 aromatic heterocycles. The molecule has 0 radical (unpaired) electrons. The van der Waals surface area contributed by atoms with E-state index >= 15 is 0 Å². The zero-order valence-electron chi connectivity index (χ0n) is 13.1. The van der Waals surface area contributed by atoms with Crippen molar-refractivity contribution in [3.63, 3.8) is 0 Å². The third-order valence-electron chi connectivity index (χ3n) is 4.13. The molecule has 0 saturated heterocycles. The maximum absolute atomic E-state index is 3.71. The molecule has 1 fully saturated rings. The summed E-state index contributed by atoms with van der Waals surface area (Å²) in [7, 11) is 2.20. The molecule has 2 atom stereocenters. The number of hydrogen-bond acceptors (Lipinski definition) is 2. The lowest BCUT2D eigenvalue weighted by atomic mass is 10.1. The van der Waals surface area contributed by atoms with Crippen molar-refractivity contribution in [3.8, 4) is 0 Å². The van der Waals surface area contributed by atoms with Crippen LogP contribution in [0.3, 0.4) is 0 Å². The molecule has 0 heterocycles. The van der Waals surface area contributed by atoms with Crippen LogP contribution in [0.1, 0.15) is 32.8 Å². The molecule has 0 spiro atoms. The lowest BCUT2D eigenvalue weighted by Crippen LogP contribution is -2.21. The number of hydrogen-bond donors (Lipinski definition) is 1. The van der Waals surface area contributed by atoms with E-state index in [1.807, 2.05) is 0 Å². The van der Waals surface area contributed by atoms with Crippen LogP contribution < -0.4 is 10.2 Å². The lowest BCUT2D eigenvalue weighted by molar-refractivity contribution is 0.552. The van der Waals surface area contributed by atoms with Gasteiger partial charge in [0.05, 0.1) is 0 Å². The van der Waals surface area contributed by atoms with Crippen molar-refractivity contribution in [1.29, 1.82) is 0 Å². The summed E-state index contributed by atoms with van der Waals surface area (Å²) in [6, 6.07) is 6.73. The van der Waals surface area contributed by atoms with Crippen molar-refractivity contribution in [2.45, 2.75) is 33.7 Å². The predicted molar refractivity (Wildman–Crippen MR) is 91.2 cm³/mol. The van der Waals surface area contributed by atoms with E-state index in [0.717, 1.165) is 24.9 Å². The molecular weight excluding hydrogens is 312 g/mol. The normalized spacial score (nSPS) is 21.3. The summed E-state index contributed by atoms with van der Waals surface area (Å²) >= 11 is 3.71. The Morgan fingerprint density at radius 1 is 1.40 bits per heavy atom. The summed E-state index contributed by atoms with van der Waals surface area (Å²) in [5.41, 5.74) is 2.64. The van der Waals surface area contributed by atoms with Crippen LogP contribution in [0, 0.1) is 17.8 Å². The van der Waals surface area contributed by atoms with Crippen molar-refractivity contribution in [2.24, 2.45) is 17.8 Å². The van der Waals surface area contributed by atoms with Gasteiger partial charge in [0, 0.05) is 30.3 Å². The topological polar surface area (TPSA) is 15.3 Å². The maximum atomic E-state index is 3.71. The summed E-state index contributed by atoms with van der Waals surface area (Å²) in [6.07, 6.45) is 1.39. The van der Waals surface area contributed by atoms with Gasteiger partial charge in [-0.3, -0.25) is 0 Å². The average Bonchev–Trinajstić information content (AvgIpc) is 3.06. The fraction of sp³-hybridized carbons (Fsp3) is 0.647. The Kier molecular flexibility index (Phi) is 5.50. The van der Waals surface area contributed by atoms with E-state index in [1.54, 1.807) is 0 Å². The number of halogens is 1. The van der Waals surface area contributed by atoms with E-state index in [9.17, 15) is 0 Å². The van der Waals surface area contributed by atoms with Gasteiger partial charge in [0.15, 0.2) is 0 Å². The Balaban J connectivity index is 1.90. The van der Waals surface area contributed by atoms with Crippen LogP contribution >= 0.6 is 15.9 Å². The molecule has 1 aromatic carbocycles. The minimum atomic E-state index is 0.694. The quantitative estimate of drug-likeness (QED) is 0.797. The van der Waals surface area contributed by atoms with Crippen LogP contribution in [0.25, 0.3) is 0 Å². The second-order valence-corrected chi connectivity index (χ2v) is 7.51. The van der Waals surface area contributed by atoms with Crippen LogP contribution in [0.15, 0.2) is 22.7 Å². The van der Waals surface area contributed by atoms with Gasteiger partial charge in [-0.15, -0.1) is 0 Å². The Bertz CT molecular complexity index is 445. The maximum Gasteiger partial charge on any atom is 0.0375 e. The first-order valence-corrected chi connectivity index (χ1v) is 8.47. The smallest absolute Gasteiger partial charge is 0.0375 e. The van der Waals surface area contributed by atoms with Crippen LogP contribution in [0.4, 0.5) is 5.69 Å². The Labute approximate surface area is 132 Å². The number of anilines is 1. The molecule has 1 aliphatic carbocycles. The molecule has 2 nitrogen and oxygen atoms in total. The summed E-state index contributed by atoms with van der Waals surface area (Å²) in [4.78, 5) is 2.38. The van der Waals surface area contributed by atoms with Gasteiger partial charge in [-0.25, -0.2) is 0 Å². The van der Waals surface area contributed by atoms with Crippen molar-refractivity contribution in [1.82, 2.24) is 5.32 Å². The van der Waals surface area contributed by atoms with Crippen LogP contribution in [-0.2, 0) is 6.54 Å². The van der Waals surface area contributed by atoms with E-state index in [-0.39, 0.29) is 0 Å². The monoisotopic (exact) mass is 338 g/mol. The molecule has 0 aliphatic heterocycles. The van der Waals surface area contributed by atoms with Crippen molar-refractivity contribution < 1.29 is 0 Å². The van der Waals surface area contributed by atoms with Crippen LogP contribution in [0.5, 0.6) is 0 Å². The van der Waals surface area contributed by atoms with Crippen LogP contribution in [-0.4, -0.2) is 20.1 Å². The predicted octanol–water partition coefficient (Wildman–Crippen LogP) is 4.29. The number of rotatable bonds is 7. The highest BCUT2D eigenvalue weighted by Gasteiger charge is 2.33. The molecule has 112 valence electrons. The van der Waals surface area contributed by atoms with Crippen molar-refractivity contribution in [3.05, 3.63) is 28.2 Å². The first-order valence-electron chi connectivity index (χ1n) is 7.67. The number of nitrogens with one attached hydrogen (secondary N) is 1. The van der Waals surface area contributed by atoms with Crippen LogP contribution in [0.2, 0.25) is 0 Å². The molecule has 0 amide bonds. The molecule has 1 saturated carbocycles. The zero-order valence-corrected chi connectivity index (χ0v) is 14.7. The van der Waals surface area contributed by atoms with Gasteiger partial charge >= 0.3 is 0 Å². The molecule has 1 aromatic rings. The minimum absolute atomic E-state index is 0.694. The highest BCUT2D eigenvalue weighted by atomic mass is 79.9. The lowest BCUT2D eigenvalue weighted by Gasteiger charge is -2.20. The SMILES string of the molecule is CC(C)CNCc1ccc(N(C)CC2CC2C)cc1Br. The second kappa shape index (κ2) is 6.95. The van der Waals surface area contributed by atoms with E-state index in [1.165, 1.54) is 28.7 Å². The summed E-state index contributed by atoms with van der Waals surface area (Å²) in [6.45, 7) is 9.99. The first-order chi connectivity index (χ1) is 9.47. The van der Waals surface area contributed by atoms with E-state index in [2.05, 4.69) is 72.2 Å². The van der Waals surface area contributed by atoms with Gasteiger partial charge in [-0.1, -0.05) is 42.8 Å². The average molecular weight is 339 g/mol. The molecule has 2 unspecified atom stereocenters. The van der Waals surface area contributed by atoms with Gasteiger partial charge in [0.25, 0.3) is 0 Å².